The van der Waals surface area contributed by atoms with Crippen LogP contribution in [0.5, 0.6) is 0 Å². The Labute approximate surface area is 214 Å². The van der Waals surface area contributed by atoms with Crippen molar-refractivity contribution >= 4 is 24.2 Å². The highest BCUT2D eigenvalue weighted by Gasteiger charge is 2.44. The minimum atomic E-state index is -0.0908. The molecule has 0 saturated heterocycles. The van der Waals surface area contributed by atoms with Crippen molar-refractivity contribution in [2.24, 2.45) is 22.0 Å². The molecule has 36 heavy (non-hydrogen) atoms. The molecule has 0 heterocycles. The Morgan fingerprint density at radius 3 is 1.31 bits per heavy atom. The van der Waals surface area contributed by atoms with Gasteiger partial charge in [0.05, 0.1) is 12.4 Å². The van der Waals surface area contributed by atoms with Crippen LogP contribution in [0.15, 0.2) is 58.7 Å². The highest BCUT2D eigenvalue weighted by atomic mass is 16.2. The van der Waals surface area contributed by atoms with Gasteiger partial charge in [-0.2, -0.15) is 10.2 Å². The van der Waals surface area contributed by atoms with E-state index in [1.807, 2.05) is 0 Å². The molecule has 190 valence electrons. The predicted molar refractivity (Wildman–Crippen MR) is 145 cm³/mol. The van der Waals surface area contributed by atoms with Gasteiger partial charge in [-0.15, -0.1) is 0 Å². The quantitative estimate of drug-likeness (QED) is 0.406. The Hall–Kier alpha value is -3.28. The van der Waals surface area contributed by atoms with E-state index >= 15 is 0 Å². The molecule has 2 aromatic rings. The molecule has 0 aliphatic heterocycles. The first-order chi connectivity index (χ1) is 16.9. The first kappa shape index (κ1) is 25.8. The van der Waals surface area contributed by atoms with Crippen LogP contribution in [-0.2, 0) is 20.4 Å². The summed E-state index contributed by atoms with van der Waals surface area (Å²) < 4.78 is 0. The molecule has 2 N–H and O–H groups in total. The van der Waals surface area contributed by atoms with Gasteiger partial charge in [0.25, 0.3) is 0 Å². The van der Waals surface area contributed by atoms with Crippen LogP contribution in [0, 0.1) is 11.8 Å². The Kier molecular flexibility index (Phi) is 7.17. The monoisotopic (exact) mass is 486 g/mol. The number of nitrogens with one attached hydrogen (secondary N) is 2. The number of carbonyl (C=O) groups excluding carboxylic acids is 2. The predicted octanol–water partition coefficient (Wildman–Crippen LogP) is 5.39. The van der Waals surface area contributed by atoms with Gasteiger partial charge in [-0.05, 0) is 57.8 Å². The van der Waals surface area contributed by atoms with Crippen molar-refractivity contribution in [2.45, 2.75) is 77.0 Å². The standard InChI is InChI=1S/C30H38N4O2/c1-29(2,3)21-11-7-19(8-12-21)23-17-25(23)27(35)33-31-15-16-32-34-28(36)26-18-24(26)20-9-13-22(14-10-20)30(4,5)6/h7-16,23-26H,17-18H2,1-6H3,(H,33,35)(H,34,36)/b31-15+,32-16+. The maximum absolute atomic E-state index is 12.4. The summed E-state index contributed by atoms with van der Waals surface area (Å²) in [6.45, 7) is 13.2. The Bertz CT molecular complexity index is 1060. The molecule has 4 rings (SSSR count). The van der Waals surface area contributed by atoms with Crippen molar-refractivity contribution in [1.82, 2.24) is 10.9 Å². The lowest BCUT2D eigenvalue weighted by Crippen LogP contribution is -2.21. The normalized spacial score (nSPS) is 23.6. The summed E-state index contributed by atoms with van der Waals surface area (Å²) in [5.41, 5.74) is 10.3. The summed E-state index contributed by atoms with van der Waals surface area (Å²) in [5, 5.41) is 7.86. The summed E-state index contributed by atoms with van der Waals surface area (Å²) in [6.07, 6.45) is 4.43. The molecule has 0 spiro atoms. The Morgan fingerprint density at radius 2 is 1.00 bits per heavy atom. The van der Waals surface area contributed by atoms with Crippen LogP contribution in [0.25, 0.3) is 0 Å². The highest BCUT2D eigenvalue weighted by molar-refractivity contribution is 6.16. The fourth-order valence-electron chi connectivity index (χ4n) is 4.60. The molecule has 6 heteroatoms. The lowest BCUT2D eigenvalue weighted by atomic mass is 9.86. The van der Waals surface area contributed by atoms with Crippen LogP contribution in [0.3, 0.4) is 0 Å². The second-order valence-corrected chi connectivity index (χ2v) is 12.1. The number of nitrogens with zero attached hydrogens (tertiary/aromatic N) is 2. The van der Waals surface area contributed by atoms with Crippen LogP contribution in [-0.4, -0.2) is 24.2 Å². The molecule has 2 aromatic carbocycles. The molecule has 4 unspecified atom stereocenters. The van der Waals surface area contributed by atoms with E-state index in [1.165, 1.54) is 34.7 Å². The third-order valence-electron chi connectivity index (χ3n) is 7.23. The Morgan fingerprint density at radius 1 is 0.667 bits per heavy atom. The number of rotatable bonds is 7. The fraction of sp³-hybridized carbons (Fsp3) is 0.467. The van der Waals surface area contributed by atoms with Gasteiger partial charge < -0.3 is 0 Å². The first-order valence-electron chi connectivity index (χ1n) is 12.8. The Balaban J connectivity index is 1.16. The van der Waals surface area contributed by atoms with Gasteiger partial charge in [0, 0.05) is 11.8 Å². The molecule has 2 saturated carbocycles. The van der Waals surface area contributed by atoms with Crippen molar-refractivity contribution < 1.29 is 9.59 Å². The zero-order valence-electron chi connectivity index (χ0n) is 22.2. The molecular formula is C30H38N4O2. The molecule has 2 aliphatic rings. The zero-order valence-corrected chi connectivity index (χ0v) is 22.2. The van der Waals surface area contributed by atoms with E-state index in [2.05, 4.69) is 111 Å². The molecule has 0 bridgehead atoms. The van der Waals surface area contributed by atoms with Crippen molar-refractivity contribution in [3.63, 3.8) is 0 Å². The molecular weight excluding hydrogens is 448 g/mol. The first-order valence-corrected chi connectivity index (χ1v) is 12.8. The number of benzene rings is 2. The third kappa shape index (κ3) is 6.28. The van der Waals surface area contributed by atoms with E-state index in [0.29, 0.717) is 0 Å². The van der Waals surface area contributed by atoms with E-state index in [9.17, 15) is 9.59 Å². The van der Waals surface area contributed by atoms with Gasteiger partial charge in [0.1, 0.15) is 0 Å². The summed E-state index contributed by atoms with van der Waals surface area (Å²) in [7, 11) is 0. The van der Waals surface area contributed by atoms with Crippen LogP contribution < -0.4 is 10.9 Å². The lowest BCUT2D eigenvalue weighted by Gasteiger charge is -2.19. The second kappa shape index (κ2) is 10.00. The van der Waals surface area contributed by atoms with Gasteiger partial charge >= 0.3 is 0 Å². The van der Waals surface area contributed by atoms with Crippen LogP contribution in [0.1, 0.15) is 88.5 Å². The molecule has 2 fully saturated rings. The molecule has 2 amide bonds. The number of amides is 2. The van der Waals surface area contributed by atoms with Gasteiger partial charge in [-0.25, -0.2) is 10.9 Å². The van der Waals surface area contributed by atoms with E-state index in [0.717, 1.165) is 12.8 Å². The number of hydrogen-bond acceptors (Lipinski definition) is 4. The molecule has 2 aliphatic carbocycles. The summed E-state index contributed by atoms with van der Waals surface area (Å²) in [5.74, 6) is 0.211. The van der Waals surface area contributed by atoms with Crippen LogP contribution in [0.2, 0.25) is 0 Å². The number of hydrazone groups is 2. The van der Waals surface area contributed by atoms with E-state index < -0.39 is 0 Å². The summed E-state index contributed by atoms with van der Waals surface area (Å²) in [4.78, 5) is 24.7. The number of carbonyl (C=O) groups is 2. The molecule has 0 aromatic heterocycles. The van der Waals surface area contributed by atoms with Crippen molar-refractivity contribution in [2.75, 3.05) is 0 Å². The van der Waals surface area contributed by atoms with Crippen molar-refractivity contribution in [3.8, 4) is 0 Å². The topological polar surface area (TPSA) is 82.9 Å². The fourth-order valence-corrected chi connectivity index (χ4v) is 4.60. The summed E-state index contributed by atoms with van der Waals surface area (Å²) >= 11 is 0. The smallest absolute Gasteiger partial charge is 0.243 e. The molecule has 4 atom stereocenters. The largest absolute Gasteiger partial charge is 0.273 e. The zero-order chi connectivity index (χ0) is 26.1. The average Bonchev–Trinajstić information content (AvgIpc) is 3.74. The maximum atomic E-state index is 12.4. The number of hydrogen-bond donors (Lipinski definition) is 2. The average molecular weight is 487 g/mol. The summed E-state index contributed by atoms with van der Waals surface area (Å²) in [6, 6.07) is 17.1. The van der Waals surface area contributed by atoms with Gasteiger partial charge in [-0.1, -0.05) is 90.1 Å². The van der Waals surface area contributed by atoms with Crippen molar-refractivity contribution in [1.29, 1.82) is 0 Å². The highest BCUT2D eigenvalue weighted by Crippen LogP contribution is 2.48. The van der Waals surface area contributed by atoms with Gasteiger partial charge in [0.2, 0.25) is 11.8 Å². The van der Waals surface area contributed by atoms with Crippen LogP contribution in [0.4, 0.5) is 0 Å². The maximum Gasteiger partial charge on any atom is 0.243 e. The van der Waals surface area contributed by atoms with E-state index in [1.54, 1.807) is 0 Å². The molecule has 0 radical (unpaired) electrons. The van der Waals surface area contributed by atoms with E-state index in [-0.39, 0.29) is 46.3 Å². The van der Waals surface area contributed by atoms with E-state index in [4.69, 9.17) is 0 Å². The SMILES string of the molecule is CC(C)(C)c1ccc(C2CC2C(=O)N/N=C/C=N/NC(=O)C2CC2c2ccc(C(C)(C)C)cc2)cc1. The second-order valence-electron chi connectivity index (χ2n) is 12.1. The third-order valence-corrected chi connectivity index (χ3v) is 7.23. The van der Waals surface area contributed by atoms with Gasteiger partial charge in [0.15, 0.2) is 0 Å². The van der Waals surface area contributed by atoms with Crippen molar-refractivity contribution in [3.05, 3.63) is 70.8 Å². The minimum absolute atomic E-state index is 0.0523. The lowest BCUT2D eigenvalue weighted by molar-refractivity contribution is -0.123. The van der Waals surface area contributed by atoms with Crippen LogP contribution >= 0.6 is 0 Å². The molecule has 6 nitrogen and oxygen atoms in total. The minimum Gasteiger partial charge on any atom is -0.273 e. The van der Waals surface area contributed by atoms with Gasteiger partial charge in [-0.3, -0.25) is 9.59 Å².